The van der Waals surface area contributed by atoms with E-state index in [2.05, 4.69) is 4.74 Å². The molecule has 0 aliphatic rings. The van der Waals surface area contributed by atoms with Crippen molar-refractivity contribution >= 4 is 5.97 Å². The van der Waals surface area contributed by atoms with Crippen LogP contribution >= 0.6 is 0 Å². The molecule has 0 amide bonds. The van der Waals surface area contributed by atoms with Gasteiger partial charge in [0.15, 0.2) is 0 Å². The van der Waals surface area contributed by atoms with E-state index in [1.807, 2.05) is 0 Å². The summed E-state index contributed by atoms with van der Waals surface area (Å²) in [6, 6.07) is 0. The van der Waals surface area contributed by atoms with Crippen LogP contribution in [0.25, 0.3) is 0 Å². The first kappa shape index (κ1) is 13.5. The number of hydrogen-bond acceptors (Lipinski definition) is 3. The summed E-state index contributed by atoms with van der Waals surface area (Å²) in [6.45, 7) is 0. The smallest absolute Gasteiger partial charge is 0.348 e. The van der Waals surface area contributed by atoms with E-state index in [9.17, 15) is 35.5 Å². The van der Waals surface area contributed by atoms with Gasteiger partial charge in [0, 0.05) is 0 Å². The first-order chi connectivity index (χ1) is 6.48. The number of carbonyl (C=O) groups is 1. The Morgan fingerprint density at radius 1 is 1.00 bits per heavy atom. The Morgan fingerprint density at radius 3 is 1.53 bits per heavy atom. The summed E-state index contributed by atoms with van der Waals surface area (Å²) in [5.41, 5.74) is -6.20. The van der Waals surface area contributed by atoms with E-state index in [4.69, 9.17) is 5.26 Å². The van der Waals surface area contributed by atoms with Gasteiger partial charge >= 0.3 is 24.0 Å². The molecule has 0 fully saturated rings. The first-order valence-electron chi connectivity index (χ1n) is 2.91. The Bertz CT molecular complexity index is 284. The van der Waals surface area contributed by atoms with Crippen LogP contribution in [-0.2, 0) is 9.53 Å². The molecule has 0 heterocycles. The highest BCUT2D eigenvalue weighted by atomic mass is 19.4. The van der Waals surface area contributed by atoms with Crippen LogP contribution in [0, 0.1) is 11.5 Å². The second-order valence-corrected chi connectivity index (χ2v) is 2.13. The second kappa shape index (κ2) is 3.56. The zero-order valence-electron chi connectivity index (χ0n) is 6.41. The van der Waals surface area contributed by atoms with Crippen molar-refractivity contribution in [3.05, 3.63) is 0 Å². The number of halogens is 7. The van der Waals surface area contributed by atoms with E-state index >= 15 is 0 Å². The highest BCUT2D eigenvalue weighted by Gasteiger charge is 2.79. The molecule has 0 aromatic heterocycles. The fraction of sp³-hybridized carbons (Fsp3) is 0.600. The fourth-order valence-corrected chi connectivity index (χ4v) is 0.504. The van der Waals surface area contributed by atoms with Crippen molar-refractivity contribution in [3.63, 3.8) is 0 Å². The Morgan fingerprint density at radius 2 is 1.33 bits per heavy atom. The summed E-state index contributed by atoms with van der Waals surface area (Å²) in [4.78, 5) is 10.1. The van der Waals surface area contributed by atoms with Gasteiger partial charge in [-0.1, -0.05) is 0 Å². The van der Waals surface area contributed by atoms with Crippen LogP contribution in [0.5, 0.6) is 0 Å². The quantitative estimate of drug-likeness (QED) is 0.398. The molecule has 10 heteroatoms. The minimum Gasteiger partial charge on any atom is -0.348 e. The third kappa shape index (κ3) is 2.11. The molecule has 0 radical (unpaired) electrons. The maximum Gasteiger partial charge on any atom is 0.443 e. The Kier molecular flexibility index (Phi) is 3.20. The van der Waals surface area contributed by atoms with Crippen molar-refractivity contribution in [1.29, 1.82) is 5.26 Å². The normalized spacial score (nSPS) is 13.2. The maximum absolute atomic E-state index is 12.5. The lowest BCUT2D eigenvalue weighted by atomic mass is 10.1. The van der Waals surface area contributed by atoms with Gasteiger partial charge in [0.05, 0.1) is 0 Å². The molecule has 15 heavy (non-hydrogen) atoms. The topological polar surface area (TPSA) is 50.1 Å². The van der Waals surface area contributed by atoms with Crippen LogP contribution in [0.3, 0.4) is 0 Å². The predicted molar refractivity (Wildman–Crippen MR) is 27.7 cm³/mol. The molecule has 0 bridgehead atoms. The molecule has 3 nitrogen and oxygen atoms in total. The highest BCUT2D eigenvalue weighted by Crippen LogP contribution is 2.46. The Balaban J connectivity index is 5.45. The minimum atomic E-state index is -6.56. The third-order valence-electron chi connectivity index (χ3n) is 1.20. The van der Waals surface area contributed by atoms with Gasteiger partial charge in [-0.3, -0.25) is 0 Å². The van der Waals surface area contributed by atoms with Crippen molar-refractivity contribution in [2.45, 2.75) is 18.0 Å². The van der Waals surface area contributed by atoms with Crippen LogP contribution < -0.4 is 0 Å². The van der Waals surface area contributed by atoms with E-state index < -0.39 is 24.0 Å². The average molecular weight is 239 g/mol. The Labute approximate surface area is 77.0 Å². The van der Waals surface area contributed by atoms with E-state index in [1.54, 1.807) is 0 Å². The van der Waals surface area contributed by atoms with E-state index in [0.29, 0.717) is 0 Å². The van der Waals surface area contributed by atoms with Crippen LogP contribution in [0.2, 0.25) is 0 Å². The lowest BCUT2D eigenvalue weighted by Crippen LogP contribution is -2.59. The van der Waals surface area contributed by atoms with Gasteiger partial charge in [-0.05, 0) is 0 Å². The molecule has 0 aliphatic heterocycles. The molecule has 0 atom stereocenters. The number of esters is 1. The van der Waals surface area contributed by atoms with Crippen LogP contribution in [0.1, 0.15) is 0 Å². The summed E-state index contributed by atoms with van der Waals surface area (Å²) in [5.74, 6) is -3.37. The van der Waals surface area contributed by atoms with Crippen LogP contribution in [-0.4, -0.2) is 24.0 Å². The Hall–Kier alpha value is -1.53. The summed E-state index contributed by atoms with van der Waals surface area (Å²) >= 11 is 0. The molecule has 0 saturated heterocycles. The standard InChI is InChI=1S/C5F7NO2/c6-3(4(7,8)9,5(10,11)12)2(14)15-1-13. The number of carbonyl (C=O) groups excluding carboxylic acids is 1. The van der Waals surface area contributed by atoms with Crippen molar-refractivity contribution in [3.8, 4) is 6.26 Å². The number of ether oxygens (including phenoxy) is 1. The molecule has 0 saturated carbocycles. The summed E-state index contributed by atoms with van der Waals surface area (Å²) < 4.78 is 85.2. The molecule has 0 aromatic rings. The predicted octanol–water partition coefficient (Wildman–Crippen LogP) is 1.84. The molecule has 0 unspecified atom stereocenters. The zero-order chi connectivity index (χ0) is 12.5. The van der Waals surface area contributed by atoms with Gasteiger partial charge in [0.2, 0.25) is 0 Å². The summed E-state index contributed by atoms with van der Waals surface area (Å²) in [5, 5.41) is 7.54. The molecule has 0 aliphatic carbocycles. The molecule has 0 N–H and O–H groups in total. The number of rotatable bonds is 1. The van der Waals surface area contributed by atoms with Crippen LogP contribution in [0.15, 0.2) is 0 Å². The van der Waals surface area contributed by atoms with E-state index in [1.165, 1.54) is 0 Å². The number of nitrogens with zero attached hydrogens (tertiary/aromatic N) is 1. The summed E-state index contributed by atoms with van der Waals surface area (Å²) in [6.07, 6.45) is -12.9. The maximum atomic E-state index is 12.5. The van der Waals surface area contributed by atoms with Gasteiger partial charge in [0.1, 0.15) is 0 Å². The molecule has 0 rings (SSSR count). The first-order valence-corrected chi connectivity index (χ1v) is 2.91. The van der Waals surface area contributed by atoms with Gasteiger partial charge < -0.3 is 4.74 Å². The minimum absolute atomic E-state index is 0.228. The van der Waals surface area contributed by atoms with Crippen molar-refractivity contribution in [2.24, 2.45) is 0 Å². The van der Waals surface area contributed by atoms with Gasteiger partial charge in [-0.2, -0.15) is 26.3 Å². The van der Waals surface area contributed by atoms with Crippen molar-refractivity contribution in [1.82, 2.24) is 0 Å². The van der Waals surface area contributed by atoms with Crippen molar-refractivity contribution < 1.29 is 40.3 Å². The zero-order valence-corrected chi connectivity index (χ0v) is 6.41. The lowest BCUT2D eigenvalue weighted by Gasteiger charge is -2.26. The SMILES string of the molecule is N#COC(=O)C(F)(C(F)(F)F)C(F)(F)F. The van der Waals surface area contributed by atoms with E-state index in [0.717, 1.165) is 0 Å². The third-order valence-corrected chi connectivity index (χ3v) is 1.20. The number of alkyl halides is 7. The lowest BCUT2D eigenvalue weighted by molar-refractivity contribution is -0.331. The highest BCUT2D eigenvalue weighted by molar-refractivity contribution is 5.82. The van der Waals surface area contributed by atoms with Crippen molar-refractivity contribution in [2.75, 3.05) is 0 Å². The number of hydrogen-bond donors (Lipinski definition) is 0. The van der Waals surface area contributed by atoms with Gasteiger partial charge in [0.25, 0.3) is 6.26 Å². The average Bonchev–Trinajstić information content (AvgIpc) is 1.99. The molecular weight excluding hydrogens is 239 g/mol. The monoisotopic (exact) mass is 239 g/mol. The van der Waals surface area contributed by atoms with Gasteiger partial charge in [-0.25, -0.2) is 9.18 Å². The molecule has 0 aromatic carbocycles. The second-order valence-electron chi connectivity index (χ2n) is 2.13. The number of nitriles is 1. The van der Waals surface area contributed by atoms with Gasteiger partial charge in [-0.15, -0.1) is 5.26 Å². The fourth-order valence-electron chi connectivity index (χ4n) is 0.504. The summed E-state index contributed by atoms with van der Waals surface area (Å²) in [7, 11) is 0. The van der Waals surface area contributed by atoms with Crippen LogP contribution in [0.4, 0.5) is 30.7 Å². The largest absolute Gasteiger partial charge is 0.443 e. The van der Waals surface area contributed by atoms with E-state index in [-0.39, 0.29) is 6.26 Å². The molecule has 86 valence electrons. The molecule has 0 spiro atoms. The molecular formula is C5F7NO2.